The zero-order valence-corrected chi connectivity index (χ0v) is 12.1. The number of Topliss-reactive ketones (excluding diaryl/α,β-unsaturated/α-hetero) is 1. The van der Waals surface area contributed by atoms with E-state index < -0.39 is 6.10 Å². The van der Waals surface area contributed by atoms with Crippen molar-refractivity contribution in [3.05, 3.63) is 71.4 Å². The van der Waals surface area contributed by atoms with Crippen molar-refractivity contribution in [3.63, 3.8) is 0 Å². The third kappa shape index (κ3) is 2.16. The van der Waals surface area contributed by atoms with Crippen LogP contribution in [0.5, 0.6) is 0 Å². The van der Waals surface area contributed by atoms with Crippen LogP contribution >= 0.6 is 0 Å². The molecule has 106 valence electrons. The van der Waals surface area contributed by atoms with E-state index in [1.54, 1.807) is 24.3 Å². The Morgan fingerprint density at radius 1 is 1.05 bits per heavy atom. The number of rotatable bonds is 3. The molecule has 1 heterocycles. The molecule has 0 aliphatic rings. The van der Waals surface area contributed by atoms with E-state index in [4.69, 9.17) is 0 Å². The van der Waals surface area contributed by atoms with Crippen LogP contribution in [0.15, 0.2) is 54.6 Å². The van der Waals surface area contributed by atoms with Gasteiger partial charge in [-0.15, -0.1) is 0 Å². The molecular formula is C18H17NO2. The second-order valence-corrected chi connectivity index (χ2v) is 5.22. The fourth-order valence-corrected chi connectivity index (χ4v) is 2.88. The summed E-state index contributed by atoms with van der Waals surface area (Å²) in [5.74, 6) is -0.274. The van der Waals surface area contributed by atoms with Gasteiger partial charge in [-0.1, -0.05) is 48.5 Å². The third-order valence-electron chi connectivity index (χ3n) is 3.98. The van der Waals surface area contributed by atoms with Crippen molar-refractivity contribution in [1.29, 1.82) is 0 Å². The van der Waals surface area contributed by atoms with Gasteiger partial charge in [-0.3, -0.25) is 4.79 Å². The van der Waals surface area contributed by atoms with Crippen LogP contribution in [0.25, 0.3) is 10.9 Å². The van der Waals surface area contributed by atoms with E-state index in [-0.39, 0.29) is 5.78 Å². The Kier molecular flexibility index (Phi) is 3.35. The maximum Gasteiger partial charge on any atom is 0.197 e. The molecule has 1 atom stereocenters. The van der Waals surface area contributed by atoms with Crippen LogP contribution in [0.2, 0.25) is 0 Å². The molecule has 3 aromatic rings. The monoisotopic (exact) mass is 279 g/mol. The molecule has 0 radical (unpaired) electrons. The van der Waals surface area contributed by atoms with Crippen LogP contribution in [0.3, 0.4) is 0 Å². The van der Waals surface area contributed by atoms with Gasteiger partial charge in [0.1, 0.15) is 0 Å². The maximum atomic E-state index is 12.5. The predicted molar refractivity (Wildman–Crippen MR) is 83.4 cm³/mol. The SMILES string of the molecule is Cc1c(C(O)C(=O)c2ccccc2)n(C)c2ccccc12. The second kappa shape index (κ2) is 5.19. The molecule has 0 saturated heterocycles. The Morgan fingerprint density at radius 2 is 1.67 bits per heavy atom. The van der Waals surface area contributed by atoms with Crippen LogP contribution in [-0.2, 0) is 7.05 Å². The van der Waals surface area contributed by atoms with Gasteiger partial charge in [0.25, 0.3) is 0 Å². The standard InChI is InChI=1S/C18H17NO2/c1-12-14-10-6-7-11-15(14)19(2)16(12)18(21)17(20)13-8-4-3-5-9-13/h3-11,18,21H,1-2H3. The van der Waals surface area contributed by atoms with E-state index >= 15 is 0 Å². The lowest BCUT2D eigenvalue weighted by Gasteiger charge is -2.13. The molecule has 0 spiro atoms. The number of aryl methyl sites for hydroxylation is 2. The van der Waals surface area contributed by atoms with Gasteiger partial charge >= 0.3 is 0 Å². The summed E-state index contributed by atoms with van der Waals surface area (Å²) in [4.78, 5) is 12.5. The summed E-state index contributed by atoms with van der Waals surface area (Å²) in [6.07, 6.45) is -1.15. The number of nitrogens with zero attached hydrogens (tertiary/aromatic N) is 1. The van der Waals surface area contributed by atoms with Gasteiger partial charge in [-0.2, -0.15) is 0 Å². The average molecular weight is 279 g/mol. The molecule has 1 unspecified atom stereocenters. The van der Waals surface area contributed by atoms with E-state index in [0.29, 0.717) is 11.3 Å². The molecule has 3 rings (SSSR count). The fourth-order valence-electron chi connectivity index (χ4n) is 2.88. The van der Waals surface area contributed by atoms with Crippen molar-refractivity contribution in [1.82, 2.24) is 4.57 Å². The highest BCUT2D eigenvalue weighted by Gasteiger charge is 2.25. The molecule has 21 heavy (non-hydrogen) atoms. The molecular weight excluding hydrogens is 262 g/mol. The first-order chi connectivity index (χ1) is 10.1. The maximum absolute atomic E-state index is 12.5. The van der Waals surface area contributed by atoms with Crippen molar-refractivity contribution >= 4 is 16.7 Å². The van der Waals surface area contributed by atoms with E-state index in [0.717, 1.165) is 16.5 Å². The molecule has 0 amide bonds. The minimum atomic E-state index is -1.15. The lowest BCUT2D eigenvalue weighted by atomic mass is 10.0. The van der Waals surface area contributed by atoms with Crippen molar-refractivity contribution in [2.24, 2.45) is 7.05 Å². The van der Waals surface area contributed by atoms with Crippen LogP contribution in [-0.4, -0.2) is 15.5 Å². The molecule has 1 N–H and O–H groups in total. The van der Waals surface area contributed by atoms with Gasteiger partial charge in [0, 0.05) is 23.5 Å². The zero-order chi connectivity index (χ0) is 15.0. The highest BCUT2D eigenvalue weighted by atomic mass is 16.3. The first-order valence-electron chi connectivity index (χ1n) is 6.92. The smallest absolute Gasteiger partial charge is 0.197 e. The lowest BCUT2D eigenvalue weighted by Crippen LogP contribution is -2.16. The lowest BCUT2D eigenvalue weighted by molar-refractivity contribution is 0.0734. The third-order valence-corrected chi connectivity index (χ3v) is 3.98. The van der Waals surface area contributed by atoms with Crippen LogP contribution in [0.4, 0.5) is 0 Å². The van der Waals surface area contributed by atoms with Gasteiger partial charge in [-0.25, -0.2) is 0 Å². The summed E-state index contributed by atoms with van der Waals surface area (Å²) in [6.45, 7) is 1.94. The molecule has 3 nitrogen and oxygen atoms in total. The van der Waals surface area contributed by atoms with E-state index in [1.807, 2.05) is 48.9 Å². The first kappa shape index (κ1) is 13.6. The first-order valence-corrected chi connectivity index (χ1v) is 6.92. The van der Waals surface area contributed by atoms with Crippen LogP contribution in [0, 0.1) is 6.92 Å². The van der Waals surface area contributed by atoms with Crippen molar-refractivity contribution in [2.45, 2.75) is 13.0 Å². The molecule has 0 aliphatic heterocycles. The number of aromatic nitrogens is 1. The Balaban J connectivity index is 2.10. The van der Waals surface area contributed by atoms with Crippen molar-refractivity contribution in [3.8, 4) is 0 Å². The number of carbonyl (C=O) groups excluding carboxylic acids is 1. The minimum Gasteiger partial charge on any atom is -0.379 e. The number of para-hydroxylation sites is 1. The minimum absolute atomic E-state index is 0.274. The van der Waals surface area contributed by atoms with Gasteiger partial charge in [0.05, 0.1) is 5.69 Å². The average Bonchev–Trinajstić information content (AvgIpc) is 2.79. The molecule has 2 aromatic carbocycles. The number of aliphatic hydroxyl groups is 1. The Labute approximate surface area is 123 Å². The Morgan fingerprint density at radius 3 is 2.33 bits per heavy atom. The molecule has 3 heteroatoms. The Hall–Kier alpha value is -2.39. The number of carbonyl (C=O) groups is 1. The number of fused-ring (bicyclic) bond motifs is 1. The normalized spacial score (nSPS) is 12.5. The second-order valence-electron chi connectivity index (χ2n) is 5.22. The summed E-state index contributed by atoms with van der Waals surface area (Å²) in [6, 6.07) is 16.8. The number of ketones is 1. The highest BCUT2D eigenvalue weighted by Crippen LogP contribution is 2.30. The molecule has 0 saturated carbocycles. The van der Waals surface area contributed by atoms with Crippen molar-refractivity contribution in [2.75, 3.05) is 0 Å². The van der Waals surface area contributed by atoms with Crippen LogP contribution < -0.4 is 0 Å². The van der Waals surface area contributed by atoms with Gasteiger partial charge in [0.15, 0.2) is 11.9 Å². The Bertz CT molecular complexity index is 764. The van der Waals surface area contributed by atoms with Crippen LogP contribution in [0.1, 0.15) is 27.7 Å². The quantitative estimate of drug-likeness (QED) is 0.747. The van der Waals surface area contributed by atoms with E-state index in [9.17, 15) is 9.90 Å². The summed E-state index contributed by atoms with van der Waals surface area (Å²) >= 11 is 0. The molecule has 0 aliphatic carbocycles. The predicted octanol–water partition coefficient (Wildman–Crippen LogP) is 3.40. The molecule has 0 bridgehead atoms. The topological polar surface area (TPSA) is 42.2 Å². The highest BCUT2D eigenvalue weighted by molar-refractivity contribution is 6.01. The van der Waals surface area contributed by atoms with Crippen molar-refractivity contribution < 1.29 is 9.90 Å². The van der Waals surface area contributed by atoms with E-state index in [2.05, 4.69) is 0 Å². The number of benzene rings is 2. The summed E-state index contributed by atoms with van der Waals surface area (Å²) in [5.41, 5.74) is 3.15. The number of hydrogen-bond acceptors (Lipinski definition) is 2. The summed E-state index contributed by atoms with van der Waals surface area (Å²) in [7, 11) is 1.88. The molecule has 0 fully saturated rings. The zero-order valence-electron chi connectivity index (χ0n) is 12.1. The summed E-state index contributed by atoms with van der Waals surface area (Å²) < 4.78 is 1.90. The number of aliphatic hydroxyl groups excluding tert-OH is 1. The van der Waals surface area contributed by atoms with Gasteiger partial charge in [-0.05, 0) is 18.6 Å². The van der Waals surface area contributed by atoms with Gasteiger partial charge < -0.3 is 9.67 Å². The summed E-state index contributed by atoms with van der Waals surface area (Å²) in [5, 5.41) is 11.6. The largest absolute Gasteiger partial charge is 0.379 e. The molecule has 1 aromatic heterocycles. The fraction of sp³-hybridized carbons (Fsp3) is 0.167. The number of hydrogen-bond donors (Lipinski definition) is 1. The van der Waals surface area contributed by atoms with E-state index in [1.165, 1.54) is 0 Å². The van der Waals surface area contributed by atoms with Gasteiger partial charge in [0.2, 0.25) is 0 Å².